The number of benzene rings is 2. The Hall–Kier alpha value is -2.59. The van der Waals surface area contributed by atoms with Crippen molar-refractivity contribution in [1.29, 1.82) is 0 Å². The van der Waals surface area contributed by atoms with Gasteiger partial charge in [0.2, 0.25) is 0 Å². The number of rotatable bonds is 2. The topological polar surface area (TPSA) is 38.7 Å². The molecule has 4 heteroatoms. The third-order valence-electron chi connectivity index (χ3n) is 3.69. The van der Waals surface area contributed by atoms with Crippen LogP contribution in [-0.2, 0) is 0 Å². The van der Waals surface area contributed by atoms with Crippen LogP contribution in [0.15, 0.2) is 77.7 Å². The molecule has 4 aromatic rings. The molecule has 0 N–H and O–H groups in total. The maximum Gasteiger partial charge on any atom is 0.197 e. The molecule has 0 aliphatic rings. The lowest BCUT2D eigenvalue weighted by atomic mass is 10.0. The SMILES string of the molecule is Brc1nc(-c2ccc(-c3ccccc3)cc2)c2ncccc2n1. The molecule has 0 aliphatic heterocycles. The molecule has 0 bridgehead atoms. The molecule has 0 atom stereocenters. The van der Waals surface area contributed by atoms with Gasteiger partial charge in [0, 0.05) is 11.8 Å². The standard InChI is InChI=1S/C19H12BrN3/c20-19-22-16-7-4-12-21-18(16)17(23-19)15-10-8-14(9-11-15)13-5-2-1-3-6-13/h1-12H. The molecule has 110 valence electrons. The monoisotopic (exact) mass is 361 g/mol. The van der Waals surface area contributed by atoms with Gasteiger partial charge in [0.05, 0.1) is 5.52 Å². The minimum atomic E-state index is 0.570. The summed E-state index contributed by atoms with van der Waals surface area (Å²) in [6.45, 7) is 0. The maximum absolute atomic E-state index is 4.52. The van der Waals surface area contributed by atoms with E-state index in [1.54, 1.807) is 6.20 Å². The number of aromatic nitrogens is 3. The quantitative estimate of drug-likeness (QED) is 0.465. The van der Waals surface area contributed by atoms with E-state index in [-0.39, 0.29) is 0 Å². The second-order valence-corrected chi connectivity index (χ2v) is 5.87. The molecule has 2 aromatic carbocycles. The zero-order chi connectivity index (χ0) is 15.6. The first-order valence-electron chi connectivity index (χ1n) is 7.25. The molecule has 23 heavy (non-hydrogen) atoms. The van der Waals surface area contributed by atoms with E-state index in [2.05, 4.69) is 67.3 Å². The first-order valence-corrected chi connectivity index (χ1v) is 8.05. The molecule has 2 aromatic heterocycles. The van der Waals surface area contributed by atoms with Gasteiger partial charge in [-0.3, -0.25) is 4.98 Å². The summed E-state index contributed by atoms with van der Waals surface area (Å²) < 4.78 is 0.570. The second kappa shape index (κ2) is 5.89. The Kier molecular flexibility index (Phi) is 3.60. The van der Waals surface area contributed by atoms with E-state index in [4.69, 9.17) is 0 Å². The van der Waals surface area contributed by atoms with Crippen LogP contribution in [0.3, 0.4) is 0 Å². The maximum atomic E-state index is 4.52. The van der Waals surface area contributed by atoms with Crippen LogP contribution in [0, 0.1) is 0 Å². The van der Waals surface area contributed by atoms with E-state index >= 15 is 0 Å². The number of nitrogens with zero attached hydrogens (tertiary/aromatic N) is 3. The fourth-order valence-corrected chi connectivity index (χ4v) is 2.96. The van der Waals surface area contributed by atoms with Crippen molar-refractivity contribution in [3.63, 3.8) is 0 Å². The lowest BCUT2D eigenvalue weighted by molar-refractivity contribution is 1.15. The molecule has 0 aliphatic carbocycles. The smallest absolute Gasteiger partial charge is 0.197 e. The molecule has 4 rings (SSSR count). The average molecular weight is 362 g/mol. The van der Waals surface area contributed by atoms with Gasteiger partial charge >= 0.3 is 0 Å². The Morgan fingerprint density at radius 3 is 2.13 bits per heavy atom. The second-order valence-electron chi connectivity index (χ2n) is 5.16. The lowest BCUT2D eigenvalue weighted by Gasteiger charge is -2.07. The molecule has 0 unspecified atom stereocenters. The summed E-state index contributed by atoms with van der Waals surface area (Å²) in [5, 5.41) is 0. The molecule has 0 fully saturated rings. The van der Waals surface area contributed by atoms with Crippen LogP contribution in [-0.4, -0.2) is 15.0 Å². The highest BCUT2D eigenvalue weighted by atomic mass is 79.9. The number of hydrogen-bond donors (Lipinski definition) is 0. The van der Waals surface area contributed by atoms with Crippen LogP contribution in [0.1, 0.15) is 0 Å². The van der Waals surface area contributed by atoms with Gasteiger partial charge in [0.25, 0.3) is 0 Å². The molecule has 0 saturated carbocycles. The van der Waals surface area contributed by atoms with Gasteiger partial charge in [0.1, 0.15) is 11.2 Å². The fourth-order valence-electron chi connectivity index (χ4n) is 2.59. The fraction of sp³-hybridized carbons (Fsp3) is 0. The van der Waals surface area contributed by atoms with Crippen molar-refractivity contribution < 1.29 is 0 Å². The van der Waals surface area contributed by atoms with E-state index in [9.17, 15) is 0 Å². The van der Waals surface area contributed by atoms with Crippen LogP contribution < -0.4 is 0 Å². The van der Waals surface area contributed by atoms with Crippen molar-refractivity contribution in [1.82, 2.24) is 15.0 Å². The third-order valence-corrected chi connectivity index (χ3v) is 4.05. The number of hydrogen-bond acceptors (Lipinski definition) is 3. The summed E-state index contributed by atoms with van der Waals surface area (Å²) in [6, 6.07) is 22.5. The Morgan fingerprint density at radius 2 is 1.35 bits per heavy atom. The van der Waals surface area contributed by atoms with Gasteiger partial charge in [0.15, 0.2) is 4.73 Å². The summed E-state index contributed by atoms with van der Waals surface area (Å²) >= 11 is 3.38. The van der Waals surface area contributed by atoms with Crippen LogP contribution in [0.5, 0.6) is 0 Å². The van der Waals surface area contributed by atoms with Crippen LogP contribution in [0.25, 0.3) is 33.4 Å². The number of fused-ring (bicyclic) bond motifs is 1. The molecular weight excluding hydrogens is 350 g/mol. The molecule has 0 amide bonds. The minimum Gasteiger partial charge on any atom is -0.252 e. The highest BCUT2D eigenvalue weighted by molar-refractivity contribution is 9.10. The Bertz CT molecular complexity index is 967. The zero-order valence-corrected chi connectivity index (χ0v) is 13.7. The highest BCUT2D eigenvalue weighted by Gasteiger charge is 2.10. The Morgan fingerprint density at radius 1 is 0.652 bits per heavy atom. The van der Waals surface area contributed by atoms with E-state index in [0.717, 1.165) is 22.3 Å². The van der Waals surface area contributed by atoms with E-state index in [0.29, 0.717) is 4.73 Å². The molecule has 0 spiro atoms. The van der Waals surface area contributed by atoms with Gasteiger partial charge in [-0.05, 0) is 39.2 Å². The molecule has 0 radical (unpaired) electrons. The van der Waals surface area contributed by atoms with Gasteiger partial charge in [-0.15, -0.1) is 0 Å². The van der Waals surface area contributed by atoms with Gasteiger partial charge in [-0.1, -0.05) is 54.6 Å². The van der Waals surface area contributed by atoms with Crippen molar-refractivity contribution >= 4 is 27.0 Å². The van der Waals surface area contributed by atoms with E-state index < -0.39 is 0 Å². The van der Waals surface area contributed by atoms with Crippen molar-refractivity contribution in [2.24, 2.45) is 0 Å². The largest absolute Gasteiger partial charge is 0.252 e. The summed E-state index contributed by atoms with van der Waals surface area (Å²) in [5.41, 5.74) is 5.88. The zero-order valence-electron chi connectivity index (χ0n) is 12.1. The lowest BCUT2D eigenvalue weighted by Crippen LogP contribution is -1.93. The first kappa shape index (κ1) is 14.0. The van der Waals surface area contributed by atoms with Gasteiger partial charge in [-0.2, -0.15) is 0 Å². The third kappa shape index (κ3) is 2.73. The van der Waals surface area contributed by atoms with Crippen LogP contribution in [0.2, 0.25) is 0 Å². The van der Waals surface area contributed by atoms with Gasteiger partial charge < -0.3 is 0 Å². The number of pyridine rings is 1. The van der Waals surface area contributed by atoms with Crippen molar-refractivity contribution in [3.05, 3.63) is 77.7 Å². The molecule has 3 nitrogen and oxygen atoms in total. The first-order chi connectivity index (χ1) is 11.3. The van der Waals surface area contributed by atoms with Crippen molar-refractivity contribution in [2.45, 2.75) is 0 Å². The van der Waals surface area contributed by atoms with Gasteiger partial charge in [-0.25, -0.2) is 9.97 Å². The molecule has 0 saturated heterocycles. The average Bonchev–Trinajstić information content (AvgIpc) is 2.62. The van der Waals surface area contributed by atoms with Crippen molar-refractivity contribution in [2.75, 3.05) is 0 Å². The molecule has 2 heterocycles. The predicted molar refractivity (Wildman–Crippen MR) is 95.9 cm³/mol. The van der Waals surface area contributed by atoms with E-state index in [1.807, 2.05) is 30.3 Å². The normalized spacial score (nSPS) is 10.8. The molecular formula is C19H12BrN3. The Labute approximate surface area is 142 Å². The number of halogens is 1. The van der Waals surface area contributed by atoms with Crippen LogP contribution in [0.4, 0.5) is 0 Å². The summed E-state index contributed by atoms with van der Waals surface area (Å²) in [5.74, 6) is 0. The van der Waals surface area contributed by atoms with E-state index in [1.165, 1.54) is 11.1 Å². The summed E-state index contributed by atoms with van der Waals surface area (Å²) in [6.07, 6.45) is 1.77. The summed E-state index contributed by atoms with van der Waals surface area (Å²) in [4.78, 5) is 13.3. The highest BCUT2D eigenvalue weighted by Crippen LogP contribution is 2.28. The van der Waals surface area contributed by atoms with Crippen LogP contribution >= 0.6 is 15.9 Å². The minimum absolute atomic E-state index is 0.570. The summed E-state index contributed by atoms with van der Waals surface area (Å²) in [7, 11) is 0. The predicted octanol–water partition coefficient (Wildman–Crippen LogP) is 5.12. The van der Waals surface area contributed by atoms with Crippen molar-refractivity contribution in [3.8, 4) is 22.4 Å². The Balaban J connectivity index is 1.83.